The third kappa shape index (κ3) is 3.85. The Morgan fingerprint density at radius 1 is 1.35 bits per heavy atom. The highest BCUT2D eigenvalue weighted by Gasteiger charge is 2.34. The maximum atomic E-state index is 12.4. The molecular formula is C15H28N2O3. The molecule has 2 amide bonds. The molecule has 2 saturated heterocycles. The molecule has 1 N–H and O–H groups in total. The van der Waals surface area contributed by atoms with Crippen LogP contribution >= 0.6 is 0 Å². The van der Waals surface area contributed by atoms with Gasteiger partial charge in [-0.15, -0.1) is 0 Å². The zero-order chi connectivity index (χ0) is 14.8. The van der Waals surface area contributed by atoms with Crippen molar-refractivity contribution < 1.29 is 14.3 Å². The second kappa shape index (κ2) is 6.31. The van der Waals surface area contributed by atoms with Crippen LogP contribution in [0.25, 0.3) is 0 Å². The molecule has 0 saturated carbocycles. The Hall–Kier alpha value is -0.810. The molecule has 0 radical (unpaired) electrons. The van der Waals surface area contributed by atoms with Gasteiger partial charge < -0.3 is 19.7 Å². The van der Waals surface area contributed by atoms with Crippen molar-refractivity contribution in [2.75, 3.05) is 19.7 Å². The number of amides is 2. The Morgan fingerprint density at radius 3 is 2.60 bits per heavy atom. The van der Waals surface area contributed by atoms with Crippen molar-refractivity contribution >= 4 is 6.03 Å². The molecule has 2 heterocycles. The highest BCUT2D eigenvalue weighted by molar-refractivity contribution is 5.74. The maximum Gasteiger partial charge on any atom is 0.317 e. The van der Waals surface area contributed by atoms with Crippen molar-refractivity contribution in [2.45, 2.75) is 70.8 Å². The fourth-order valence-corrected chi connectivity index (χ4v) is 3.11. The van der Waals surface area contributed by atoms with Crippen molar-refractivity contribution in [2.24, 2.45) is 0 Å². The Bertz CT molecular complexity index is 340. The summed E-state index contributed by atoms with van der Waals surface area (Å²) in [5, 5.41) is 3.16. The van der Waals surface area contributed by atoms with Crippen LogP contribution in [0.5, 0.6) is 0 Å². The van der Waals surface area contributed by atoms with Crippen LogP contribution in [-0.2, 0) is 9.47 Å². The lowest BCUT2D eigenvalue weighted by atomic mass is 9.99. The number of rotatable bonds is 2. The summed E-state index contributed by atoms with van der Waals surface area (Å²) in [6, 6.07) is 0.260. The van der Waals surface area contributed by atoms with E-state index in [0.717, 1.165) is 19.3 Å². The fourth-order valence-electron chi connectivity index (χ4n) is 3.11. The molecule has 0 aromatic carbocycles. The predicted molar refractivity (Wildman–Crippen MR) is 77.8 cm³/mol. The third-order valence-corrected chi connectivity index (χ3v) is 4.40. The minimum Gasteiger partial charge on any atom is -0.375 e. The van der Waals surface area contributed by atoms with E-state index in [4.69, 9.17) is 9.47 Å². The lowest BCUT2D eigenvalue weighted by molar-refractivity contribution is -0.0883. The van der Waals surface area contributed by atoms with Gasteiger partial charge in [-0.25, -0.2) is 4.79 Å². The number of hydrogen-bond acceptors (Lipinski definition) is 3. The van der Waals surface area contributed by atoms with Crippen LogP contribution in [0.2, 0.25) is 0 Å². The zero-order valence-electron chi connectivity index (χ0n) is 13.1. The smallest absolute Gasteiger partial charge is 0.317 e. The molecule has 2 fully saturated rings. The maximum absolute atomic E-state index is 12.4. The van der Waals surface area contributed by atoms with E-state index >= 15 is 0 Å². The SMILES string of the molecule is CC[C@]1(C)CN(C(=O)NC2C[C@@H](C)O[C@@H](C)C2)CCO1. The molecule has 2 aliphatic rings. The van der Waals surface area contributed by atoms with Gasteiger partial charge in [0.05, 0.1) is 31.0 Å². The molecule has 0 aliphatic carbocycles. The van der Waals surface area contributed by atoms with Gasteiger partial charge in [-0.1, -0.05) is 6.92 Å². The van der Waals surface area contributed by atoms with Crippen molar-refractivity contribution in [1.29, 1.82) is 0 Å². The molecule has 0 aromatic rings. The van der Waals surface area contributed by atoms with E-state index in [1.165, 1.54) is 0 Å². The van der Waals surface area contributed by atoms with Gasteiger partial charge in [-0.05, 0) is 40.0 Å². The van der Waals surface area contributed by atoms with Crippen LogP contribution in [0.4, 0.5) is 4.79 Å². The summed E-state index contributed by atoms with van der Waals surface area (Å²) < 4.78 is 11.5. The molecule has 2 aliphatic heterocycles. The van der Waals surface area contributed by atoms with Crippen LogP contribution in [0.1, 0.15) is 47.0 Å². The van der Waals surface area contributed by atoms with Crippen molar-refractivity contribution in [3.8, 4) is 0 Å². The lowest BCUT2D eigenvalue weighted by Gasteiger charge is -2.41. The normalized spacial score (nSPS) is 38.6. The summed E-state index contributed by atoms with van der Waals surface area (Å²) in [6.07, 6.45) is 3.14. The third-order valence-electron chi connectivity index (χ3n) is 4.40. The number of carbonyl (C=O) groups is 1. The standard InChI is InChI=1S/C15H28N2O3/c1-5-15(4)10-17(6-7-19-15)14(18)16-13-8-11(2)20-12(3)9-13/h11-13H,5-10H2,1-4H3,(H,16,18)/t11-,12+,13?,15-/m1/s1. The highest BCUT2D eigenvalue weighted by atomic mass is 16.5. The molecular weight excluding hydrogens is 256 g/mol. The van der Waals surface area contributed by atoms with Crippen LogP contribution in [-0.4, -0.2) is 54.5 Å². The van der Waals surface area contributed by atoms with Crippen LogP contribution in [0.15, 0.2) is 0 Å². The minimum absolute atomic E-state index is 0.0410. The van der Waals surface area contributed by atoms with E-state index < -0.39 is 0 Å². The predicted octanol–water partition coefficient (Wildman–Crippen LogP) is 2.15. The molecule has 20 heavy (non-hydrogen) atoms. The van der Waals surface area contributed by atoms with Crippen LogP contribution < -0.4 is 5.32 Å². The van der Waals surface area contributed by atoms with Crippen LogP contribution in [0, 0.1) is 0 Å². The molecule has 0 aromatic heterocycles. The molecule has 116 valence electrons. The molecule has 1 unspecified atom stereocenters. The van der Waals surface area contributed by atoms with Gasteiger partial charge in [0.1, 0.15) is 0 Å². The van der Waals surface area contributed by atoms with Gasteiger partial charge >= 0.3 is 6.03 Å². The number of nitrogens with one attached hydrogen (secondary N) is 1. The summed E-state index contributed by atoms with van der Waals surface area (Å²) in [4.78, 5) is 14.3. The molecule has 4 atom stereocenters. The van der Waals surface area contributed by atoms with Gasteiger partial charge in [0.15, 0.2) is 0 Å². The van der Waals surface area contributed by atoms with Crippen molar-refractivity contribution in [1.82, 2.24) is 10.2 Å². The van der Waals surface area contributed by atoms with Gasteiger partial charge in [-0.3, -0.25) is 0 Å². The first-order valence-electron chi connectivity index (χ1n) is 7.76. The monoisotopic (exact) mass is 284 g/mol. The fraction of sp³-hybridized carbons (Fsp3) is 0.933. The van der Waals surface area contributed by atoms with E-state index in [2.05, 4.69) is 33.0 Å². The number of hydrogen-bond donors (Lipinski definition) is 1. The van der Waals surface area contributed by atoms with Gasteiger partial charge in [0, 0.05) is 12.6 Å². The Morgan fingerprint density at radius 2 is 2.00 bits per heavy atom. The lowest BCUT2D eigenvalue weighted by Crippen LogP contribution is -2.56. The van der Waals surface area contributed by atoms with E-state index in [9.17, 15) is 4.79 Å². The second-order valence-corrected chi connectivity index (χ2v) is 6.45. The number of nitrogens with zero attached hydrogens (tertiary/aromatic N) is 1. The van der Waals surface area contributed by atoms with E-state index in [0.29, 0.717) is 19.7 Å². The van der Waals surface area contributed by atoms with Gasteiger partial charge in [-0.2, -0.15) is 0 Å². The topological polar surface area (TPSA) is 50.8 Å². The minimum atomic E-state index is -0.203. The van der Waals surface area contributed by atoms with E-state index in [1.54, 1.807) is 0 Å². The summed E-state index contributed by atoms with van der Waals surface area (Å²) >= 11 is 0. The van der Waals surface area contributed by atoms with Crippen molar-refractivity contribution in [3.63, 3.8) is 0 Å². The molecule has 0 bridgehead atoms. The highest BCUT2D eigenvalue weighted by Crippen LogP contribution is 2.22. The first-order valence-corrected chi connectivity index (χ1v) is 7.76. The summed E-state index contributed by atoms with van der Waals surface area (Å²) in [5.41, 5.74) is -0.203. The number of urea groups is 1. The zero-order valence-corrected chi connectivity index (χ0v) is 13.1. The average Bonchev–Trinajstić information content (AvgIpc) is 2.37. The first-order chi connectivity index (χ1) is 9.42. The van der Waals surface area contributed by atoms with Crippen LogP contribution in [0.3, 0.4) is 0 Å². The Labute approximate surface area is 122 Å². The van der Waals surface area contributed by atoms with Gasteiger partial charge in [0.2, 0.25) is 0 Å². The second-order valence-electron chi connectivity index (χ2n) is 6.45. The molecule has 2 rings (SSSR count). The molecule has 5 nitrogen and oxygen atoms in total. The summed E-state index contributed by atoms with van der Waals surface area (Å²) in [6.45, 7) is 10.3. The number of ether oxygens (including phenoxy) is 2. The first kappa shape index (κ1) is 15.6. The summed E-state index contributed by atoms with van der Waals surface area (Å²) in [5.74, 6) is 0. The largest absolute Gasteiger partial charge is 0.375 e. The van der Waals surface area contributed by atoms with Gasteiger partial charge in [0.25, 0.3) is 0 Å². The van der Waals surface area contributed by atoms with E-state index in [1.807, 2.05) is 4.90 Å². The average molecular weight is 284 g/mol. The molecule has 5 heteroatoms. The summed E-state index contributed by atoms with van der Waals surface area (Å²) in [7, 11) is 0. The quantitative estimate of drug-likeness (QED) is 0.845. The Balaban J connectivity index is 1.88. The molecule has 0 spiro atoms. The Kier molecular flexibility index (Phi) is 4.91. The number of morpholine rings is 1. The van der Waals surface area contributed by atoms with E-state index in [-0.39, 0.29) is 29.9 Å². The van der Waals surface area contributed by atoms with Crippen molar-refractivity contribution in [3.05, 3.63) is 0 Å². The number of carbonyl (C=O) groups excluding carboxylic acids is 1.